The van der Waals surface area contributed by atoms with Gasteiger partial charge in [-0.3, -0.25) is 14.4 Å². The molecule has 9 nitrogen and oxygen atoms in total. The van der Waals surface area contributed by atoms with Gasteiger partial charge >= 0.3 is 0 Å². The maximum absolute atomic E-state index is 14.4. The van der Waals surface area contributed by atoms with Crippen LogP contribution in [0.25, 0.3) is 0 Å². The first-order chi connectivity index (χ1) is 21.6. The number of ether oxygens (including phenoxy) is 3. The first-order valence-corrected chi connectivity index (χ1v) is 16.2. The molecular formula is C35H42ClN3O6. The van der Waals surface area contributed by atoms with Crippen LogP contribution in [0.3, 0.4) is 0 Å². The highest BCUT2D eigenvalue weighted by Gasteiger charge is 2.72. The average molecular weight is 636 g/mol. The molecule has 8 unspecified atom stereocenters. The van der Waals surface area contributed by atoms with Gasteiger partial charge in [-0.15, -0.1) is 0 Å². The van der Waals surface area contributed by atoms with E-state index in [1.165, 1.54) is 0 Å². The topological polar surface area (TPSA) is 106 Å². The summed E-state index contributed by atoms with van der Waals surface area (Å²) >= 11 is 6.32. The van der Waals surface area contributed by atoms with Gasteiger partial charge in [-0.05, 0) is 67.0 Å². The highest BCUT2D eigenvalue weighted by atomic mass is 35.5. The first-order valence-electron chi connectivity index (χ1n) is 15.8. The van der Waals surface area contributed by atoms with Crippen LogP contribution in [0.15, 0.2) is 48.6 Å². The molecule has 0 radical (unpaired) electrons. The Balaban J connectivity index is 1.30. The number of likely N-dealkylation sites (tertiary alicyclic amines) is 1. The Bertz CT molecular complexity index is 1530. The van der Waals surface area contributed by atoms with E-state index in [0.717, 1.165) is 30.4 Å². The predicted molar refractivity (Wildman–Crippen MR) is 171 cm³/mol. The minimum atomic E-state index is -1.24. The van der Waals surface area contributed by atoms with Gasteiger partial charge < -0.3 is 29.7 Å². The van der Waals surface area contributed by atoms with Crippen LogP contribution in [0.4, 0.5) is 5.69 Å². The second-order valence-electron chi connectivity index (χ2n) is 13.0. The van der Waals surface area contributed by atoms with Gasteiger partial charge in [0.1, 0.15) is 11.6 Å². The van der Waals surface area contributed by atoms with Gasteiger partial charge in [-0.1, -0.05) is 62.6 Å². The molecule has 2 N–H and O–H groups in total. The average Bonchev–Trinajstić information content (AvgIpc) is 3.67. The van der Waals surface area contributed by atoms with Crippen LogP contribution in [0.5, 0.6) is 11.5 Å². The summed E-state index contributed by atoms with van der Waals surface area (Å²) in [6, 6.07) is 10.0. The van der Waals surface area contributed by atoms with E-state index >= 15 is 0 Å². The third-order valence-electron chi connectivity index (χ3n) is 10.5. The highest BCUT2D eigenvalue weighted by Crippen LogP contribution is 2.55. The monoisotopic (exact) mass is 635 g/mol. The first kappa shape index (κ1) is 31.4. The fourth-order valence-corrected chi connectivity index (χ4v) is 7.92. The molecule has 45 heavy (non-hydrogen) atoms. The number of nitrogens with one attached hydrogen (secondary N) is 2. The number of carbonyl (C=O) groups is 3. The maximum Gasteiger partial charge on any atom is 0.246 e. The summed E-state index contributed by atoms with van der Waals surface area (Å²) < 4.78 is 17.4. The molecule has 3 aliphatic heterocycles. The number of rotatable bonds is 9. The second kappa shape index (κ2) is 12.3. The van der Waals surface area contributed by atoms with E-state index in [0.29, 0.717) is 40.5 Å². The fraction of sp³-hybridized carbons (Fsp3) is 0.514. The molecular weight excluding hydrogens is 594 g/mol. The summed E-state index contributed by atoms with van der Waals surface area (Å²) in [5.41, 5.74) is 1.13. The molecule has 2 aromatic carbocycles. The Morgan fingerprint density at radius 2 is 1.84 bits per heavy atom. The summed E-state index contributed by atoms with van der Waals surface area (Å²) in [7, 11) is 3.16. The molecule has 240 valence electrons. The van der Waals surface area contributed by atoms with E-state index in [2.05, 4.69) is 24.5 Å². The summed E-state index contributed by atoms with van der Waals surface area (Å²) in [5.74, 6) is -0.455. The van der Waals surface area contributed by atoms with Crippen LogP contribution in [0.1, 0.15) is 44.2 Å². The van der Waals surface area contributed by atoms with Crippen molar-refractivity contribution in [3.63, 3.8) is 0 Å². The number of methoxy groups -OCH3 is 2. The normalized spacial score (nSPS) is 31.6. The van der Waals surface area contributed by atoms with Gasteiger partial charge in [-0.2, -0.15) is 0 Å². The molecule has 1 aliphatic carbocycles. The molecule has 3 amide bonds. The van der Waals surface area contributed by atoms with E-state index in [1.807, 2.05) is 43.3 Å². The Morgan fingerprint density at radius 1 is 1.07 bits per heavy atom. The molecule has 4 aliphatic rings. The lowest BCUT2D eigenvalue weighted by Crippen LogP contribution is -2.58. The number of benzene rings is 2. The molecule has 1 spiro atoms. The molecule has 6 rings (SSSR count). The lowest BCUT2D eigenvalue weighted by molar-refractivity contribution is -0.141. The van der Waals surface area contributed by atoms with Crippen molar-refractivity contribution >= 4 is 35.0 Å². The Kier molecular flexibility index (Phi) is 8.61. The van der Waals surface area contributed by atoms with Crippen LogP contribution in [0, 0.1) is 30.6 Å². The molecule has 2 saturated heterocycles. The van der Waals surface area contributed by atoms with Crippen LogP contribution in [-0.2, 0) is 25.5 Å². The van der Waals surface area contributed by atoms with Crippen molar-refractivity contribution in [1.29, 1.82) is 0 Å². The number of fused-ring (bicyclic) bond motifs is 1. The van der Waals surface area contributed by atoms with Crippen molar-refractivity contribution in [3.8, 4) is 11.5 Å². The predicted octanol–water partition coefficient (Wildman–Crippen LogP) is 4.94. The van der Waals surface area contributed by atoms with Gasteiger partial charge in [0.25, 0.3) is 0 Å². The summed E-state index contributed by atoms with van der Waals surface area (Å²) in [4.78, 5) is 44.1. The minimum absolute atomic E-state index is 0.00691. The molecule has 3 fully saturated rings. The van der Waals surface area contributed by atoms with Gasteiger partial charge in [0.05, 0.1) is 32.2 Å². The zero-order valence-electron chi connectivity index (χ0n) is 26.5. The van der Waals surface area contributed by atoms with Crippen LogP contribution >= 0.6 is 11.6 Å². The zero-order valence-corrected chi connectivity index (χ0v) is 27.2. The Hall–Kier alpha value is -3.56. The molecule has 2 bridgehead atoms. The van der Waals surface area contributed by atoms with Crippen LogP contribution < -0.4 is 20.1 Å². The van der Waals surface area contributed by atoms with Gasteiger partial charge in [0.2, 0.25) is 17.7 Å². The summed E-state index contributed by atoms with van der Waals surface area (Å²) in [5, 5.41) is 6.80. The number of carbonyl (C=O) groups excluding carboxylic acids is 3. The molecule has 3 heterocycles. The lowest BCUT2D eigenvalue weighted by atomic mass is 9.73. The third kappa shape index (κ3) is 5.48. The van der Waals surface area contributed by atoms with Gasteiger partial charge in [-0.25, -0.2) is 0 Å². The zero-order chi connectivity index (χ0) is 32.0. The number of amides is 3. The van der Waals surface area contributed by atoms with Crippen LogP contribution in [-0.4, -0.2) is 67.2 Å². The number of hydrogen-bond donors (Lipinski definition) is 2. The van der Waals surface area contributed by atoms with E-state index in [1.54, 1.807) is 31.3 Å². The standard InChI is InChI=1S/C35H42ClN3O6/c1-19-7-6-8-25(21(19)3)38-33(41)31-35-15-13-27(45-35)29(32(40)37-23-11-9-20(2)24(36)18-23)30(35)34(42)39(31)16-14-22-10-12-26(43-4)28(17-22)44-5/h9-13,15,17-19,21,25,27,29-31H,6-8,14,16H2,1-5H3,(H,37,40)(H,38,41). The summed E-state index contributed by atoms with van der Waals surface area (Å²) in [6.45, 7) is 6.56. The lowest BCUT2D eigenvalue weighted by Gasteiger charge is -2.38. The van der Waals surface area contributed by atoms with Crippen molar-refractivity contribution in [2.45, 2.75) is 70.2 Å². The highest BCUT2D eigenvalue weighted by molar-refractivity contribution is 6.31. The number of aryl methyl sites for hydroxylation is 1. The quantitative estimate of drug-likeness (QED) is 0.378. The summed E-state index contributed by atoms with van der Waals surface area (Å²) in [6.07, 6.45) is 6.61. The molecule has 1 saturated carbocycles. The Morgan fingerprint density at radius 3 is 2.58 bits per heavy atom. The van der Waals surface area contributed by atoms with Crippen molar-refractivity contribution in [2.75, 3.05) is 26.1 Å². The molecule has 2 aromatic rings. The van der Waals surface area contributed by atoms with Crippen molar-refractivity contribution < 1.29 is 28.6 Å². The van der Waals surface area contributed by atoms with Gasteiger partial charge in [0.15, 0.2) is 11.5 Å². The Labute approximate surface area is 269 Å². The number of halogens is 1. The van der Waals surface area contributed by atoms with E-state index < -0.39 is 29.6 Å². The molecule has 8 atom stereocenters. The minimum Gasteiger partial charge on any atom is -0.493 e. The number of hydrogen-bond acceptors (Lipinski definition) is 6. The van der Waals surface area contributed by atoms with Crippen LogP contribution in [0.2, 0.25) is 5.02 Å². The van der Waals surface area contributed by atoms with Crippen molar-refractivity contribution in [3.05, 3.63) is 64.7 Å². The maximum atomic E-state index is 14.4. The van der Waals surface area contributed by atoms with E-state index in [9.17, 15) is 14.4 Å². The molecule has 10 heteroatoms. The number of nitrogens with zero attached hydrogens (tertiary/aromatic N) is 1. The number of anilines is 1. The van der Waals surface area contributed by atoms with Gasteiger partial charge in [0, 0.05) is 23.3 Å². The van der Waals surface area contributed by atoms with Crippen molar-refractivity contribution in [2.24, 2.45) is 23.7 Å². The SMILES string of the molecule is COc1ccc(CCN2C(=O)C3C(C(=O)Nc4ccc(C)c(Cl)c4)C4C=CC3(O4)C2C(=O)NC2CCCC(C)C2C)cc1OC. The van der Waals surface area contributed by atoms with E-state index in [4.69, 9.17) is 25.8 Å². The third-order valence-corrected chi connectivity index (χ3v) is 10.9. The molecule has 0 aromatic heterocycles. The largest absolute Gasteiger partial charge is 0.493 e. The smallest absolute Gasteiger partial charge is 0.246 e. The van der Waals surface area contributed by atoms with Crippen molar-refractivity contribution in [1.82, 2.24) is 10.2 Å². The van der Waals surface area contributed by atoms with E-state index in [-0.39, 0.29) is 30.3 Å². The fourth-order valence-electron chi connectivity index (χ4n) is 7.74. The second-order valence-corrected chi connectivity index (χ2v) is 13.4.